The molecule has 102 valence electrons. The van der Waals surface area contributed by atoms with E-state index in [1.807, 2.05) is 4.90 Å². The second-order valence-electron chi connectivity index (χ2n) is 3.76. The molecule has 0 radical (unpaired) electrons. The molecule has 0 saturated heterocycles. The van der Waals surface area contributed by atoms with Gasteiger partial charge in [0.1, 0.15) is 0 Å². The van der Waals surface area contributed by atoms with Gasteiger partial charge in [0, 0.05) is 32.3 Å². The number of hydrogen-bond donors (Lipinski definition) is 1. The third kappa shape index (κ3) is 4.14. The van der Waals surface area contributed by atoms with Crippen LogP contribution in [0.1, 0.15) is 16.1 Å². The first-order valence-corrected chi connectivity index (χ1v) is 5.69. The van der Waals surface area contributed by atoms with E-state index in [0.29, 0.717) is 26.2 Å². The number of aliphatic hydroxyl groups is 1. The molecular weight excluding hydrogens is 238 g/mol. The summed E-state index contributed by atoms with van der Waals surface area (Å²) in [5.74, 6) is -0.288. The molecule has 0 aliphatic heterocycles. The van der Waals surface area contributed by atoms with Crippen molar-refractivity contribution >= 4 is 5.97 Å². The summed E-state index contributed by atoms with van der Waals surface area (Å²) in [5.41, 5.74) is 0.742. The number of ether oxygens (including phenoxy) is 2. The average Bonchev–Trinajstić information content (AvgIpc) is 2.83. The molecule has 0 spiro atoms. The highest BCUT2D eigenvalue weighted by Gasteiger charge is 2.17. The Kier molecular flexibility index (Phi) is 6.42. The molecule has 6 nitrogen and oxygen atoms in total. The molecule has 0 aromatic carbocycles. The number of carbonyl (C=O) groups excluding carboxylic acids is 1. The van der Waals surface area contributed by atoms with Crippen molar-refractivity contribution in [1.29, 1.82) is 0 Å². The summed E-state index contributed by atoms with van der Waals surface area (Å²) in [6.07, 6.45) is 1.45. The first-order chi connectivity index (χ1) is 8.72. The van der Waals surface area contributed by atoms with Gasteiger partial charge in [0.25, 0.3) is 0 Å². The van der Waals surface area contributed by atoms with Crippen molar-refractivity contribution in [3.8, 4) is 0 Å². The number of carbonyl (C=O) groups is 1. The predicted octanol–water partition coefficient (Wildman–Crippen LogP) is 0.507. The molecule has 0 saturated carbocycles. The highest BCUT2D eigenvalue weighted by Crippen LogP contribution is 2.14. The minimum absolute atomic E-state index is 0.0507. The number of esters is 1. The zero-order chi connectivity index (χ0) is 13.4. The molecule has 0 atom stereocenters. The van der Waals surface area contributed by atoms with E-state index in [4.69, 9.17) is 14.3 Å². The number of hydrogen-bond acceptors (Lipinski definition) is 6. The highest BCUT2D eigenvalue weighted by molar-refractivity contribution is 5.87. The molecule has 1 rings (SSSR count). The van der Waals surface area contributed by atoms with Crippen LogP contribution < -0.4 is 0 Å². The summed E-state index contributed by atoms with van der Waals surface area (Å²) in [7, 11) is 2.93. The summed E-state index contributed by atoms with van der Waals surface area (Å²) >= 11 is 0. The van der Waals surface area contributed by atoms with Gasteiger partial charge in [-0.1, -0.05) is 0 Å². The van der Waals surface area contributed by atoms with Gasteiger partial charge in [-0.05, 0) is 6.07 Å². The van der Waals surface area contributed by atoms with Gasteiger partial charge < -0.3 is 19.0 Å². The lowest BCUT2D eigenvalue weighted by atomic mass is 10.2. The van der Waals surface area contributed by atoms with Crippen LogP contribution in [0.4, 0.5) is 0 Å². The van der Waals surface area contributed by atoms with Crippen molar-refractivity contribution in [3.05, 3.63) is 23.7 Å². The van der Waals surface area contributed by atoms with Crippen molar-refractivity contribution < 1.29 is 23.8 Å². The van der Waals surface area contributed by atoms with Crippen molar-refractivity contribution in [2.24, 2.45) is 0 Å². The standard InChI is InChI=1S/C12H19NO5/c1-16-8-5-13(4-6-14)9-10-3-7-18-11(10)12(15)17-2/h3,7,14H,4-6,8-9H2,1-2H3. The summed E-state index contributed by atoms with van der Waals surface area (Å²) in [6.45, 7) is 2.30. The van der Waals surface area contributed by atoms with Crippen molar-refractivity contribution in [2.75, 3.05) is 40.5 Å². The van der Waals surface area contributed by atoms with Gasteiger partial charge >= 0.3 is 5.97 Å². The Bertz CT molecular complexity index is 363. The molecule has 0 bridgehead atoms. The average molecular weight is 257 g/mol. The summed E-state index contributed by atoms with van der Waals surface area (Å²) < 4.78 is 14.7. The SMILES string of the molecule is COCCN(CCO)Cc1ccoc1C(=O)OC. The van der Waals surface area contributed by atoms with Crippen LogP contribution >= 0.6 is 0 Å². The van der Waals surface area contributed by atoms with Crippen molar-refractivity contribution in [2.45, 2.75) is 6.54 Å². The highest BCUT2D eigenvalue weighted by atomic mass is 16.5. The van der Waals surface area contributed by atoms with E-state index in [0.717, 1.165) is 5.56 Å². The third-order valence-electron chi connectivity index (χ3n) is 2.54. The molecule has 0 aliphatic carbocycles. The molecule has 0 aliphatic rings. The minimum Gasteiger partial charge on any atom is -0.463 e. The topological polar surface area (TPSA) is 72.1 Å². The smallest absolute Gasteiger partial charge is 0.374 e. The molecule has 18 heavy (non-hydrogen) atoms. The molecule has 6 heteroatoms. The van der Waals surface area contributed by atoms with Gasteiger partial charge in [-0.2, -0.15) is 0 Å². The van der Waals surface area contributed by atoms with Crippen LogP contribution in [0.15, 0.2) is 16.7 Å². The maximum Gasteiger partial charge on any atom is 0.374 e. The first-order valence-electron chi connectivity index (χ1n) is 5.69. The lowest BCUT2D eigenvalue weighted by Gasteiger charge is -2.20. The minimum atomic E-state index is -0.495. The lowest BCUT2D eigenvalue weighted by molar-refractivity contribution is 0.0560. The van der Waals surface area contributed by atoms with E-state index < -0.39 is 5.97 Å². The predicted molar refractivity (Wildman–Crippen MR) is 64.3 cm³/mol. The third-order valence-corrected chi connectivity index (χ3v) is 2.54. The Morgan fingerprint density at radius 3 is 2.83 bits per heavy atom. The zero-order valence-electron chi connectivity index (χ0n) is 10.7. The van der Waals surface area contributed by atoms with E-state index in [9.17, 15) is 4.79 Å². The first kappa shape index (κ1) is 14.7. The number of furan rings is 1. The monoisotopic (exact) mass is 257 g/mol. The Hall–Kier alpha value is -1.37. The van der Waals surface area contributed by atoms with Gasteiger partial charge in [0.15, 0.2) is 0 Å². The van der Waals surface area contributed by atoms with Crippen molar-refractivity contribution in [1.82, 2.24) is 4.90 Å². The van der Waals surface area contributed by atoms with Gasteiger partial charge in [-0.15, -0.1) is 0 Å². The van der Waals surface area contributed by atoms with Crippen molar-refractivity contribution in [3.63, 3.8) is 0 Å². The van der Waals surface area contributed by atoms with Gasteiger partial charge in [0.2, 0.25) is 5.76 Å². The maximum atomic E-state index is 11.4. The fourth-order valence-electron chi connectivity index (χ4n) is 1.60. The second kappa shape index (κ2) is 7.86. The molecule has 1 aromatic heterocycles. The fourth-order valence-corrected chi connectivity index (χ4v) is 1.60. The zero-order valence-corrected chi connectivity index (χ0v) is 10.7. The Labute approximate surface area is 106 Å². The van der Waals surface area contributed by atoms with Crippen LogP contribution in [-0.4, -0.2) is 56.5 Å². The number of aliphatic hydroxyl groups excluding tert-OH is 1. The number of rotatable bonds is 8. The summed E-state index contributed by atoms with van der Waals surface area (Å²) in [4.78, 5) is 13.4. The molecule has 1 heterocycles. The van der Waals surface area contributed by atoms with Crippen LogP contribution in [0.5, 0.6) is 0 Å². The van der Waals surface area contributed by atoms with Crippen LogP contribution in [0.2, 0.25) is 0 Å². The van der Waals surface area contributed by atoms with Gasteiger partial charge in [0.05, 0.1) is 26.6 Å². The molecule has 0 unspecified atom stereocenters. The van der Waals surface area contributed by atoms with Crippen LogP contribution in [0.3, 0.4) is 0 Å². The molecule has 0 amide bonds. The van der Waals surface area contributed by atoms with Crippen LogP contribution in [-0.2, 0) is 16.0 Å². The van der Waals surface area contributed by atoms with E-state index in [-0.39, 0.29) is 12.4 Å². The number of methoxy groups -OCH3 is 2. The fraction of sp³-hybridized carbons (Fsp3) is 0.583. The Morgan fingerprint density at radius 2 is 2.22 bits per heavy atom. The Balaban J connectivity index is 2.67. The molecule has 1 N–H and O–H groups in total. The van der Waals surface area contributed by atoms with Crippen LogP contribution in [0, 0.1) is 0 Å². The largest absolute Gasteiger partial charge is 0.463 e. The lowest BCUT2D eigenvalue weighted by Crippen LogP contribution is -2.30. The number of nitrogens with zero attached hydrogens (tertiary/aromatic N) is 1. The molecular formula is C12H19NO5. The Morgan fingerprint density at radius 1 is 1.44 bits per heavy atom. The second-order valence-corrected chi connectivity index (χ2v) is 3.76. The normalized spacial score (nSPS) is 10.9. The summed E-state index contributed by atoms with van der Waals surface area (Å²) in [5, 5.41) is 8.99. The van der Waals surface area contributed by atoms with E-state index in [1.54, 1.807) is 13.2 Å². The molecule has 0 fully saturated rings. The quantitative estimate of drug-likeness (QED) is 0.684. The van der Waals surface area contributed by atoms with Gasteiger partial charge in [-0.25, -0.2) is 4.79 Å². The van der Waals surface area contributed by atoms with E-state index >= 15 is 0 Å². The summed E-state index contributed by atoms with van der Waals surface area (Å²) in [6, 6.07) is 1.73. The molecule has 1 aromatic rings. The maximum absolute atomic E-state index is 11.4. The van der Waals surface area contributed by atoms with E-state index in [1.165, 1.54) is 13.4 Å². The van der Waals surface area contributed by atoms with Crippen LogP contribution in [0.25, 0.3) is 0 Å². The van der Waals surface area contributed by atoms with E-state index in [2.05, 4.69) is 4.74 Å². The van der Waals surface area contributed by atoms with Gasteiger partial charge in [-0.3, -0.25) is 4.90 Å².